The van der Waals surface area contributed by atoms with Crippen molar-refractivity contribution in [1.29, 1.82) is 0 Å². The molecule has 1 N–H and O–H groups in total. The third kappa shape index (κ3) is 5.13. The van der Waals surface area contributed by atoms with Gasteiger partial charge in [-0.05, 0) is 57.0 Å². The SMILES string of the molecule is COc1ccc(CCNC(=O)C(C)N2CCCCCC2)cc1OC. The van der Waals surface area contributed by atoms with Crippen LogP contribution in [-0.4, -0.2) is 50.7 Å². The summed E-state index contributed by atoms with van der Waals surface area (Å²) in [7, 11) is 3.26. The Morgan fingerprint density at radius 2 is 1.79 bits per heavy atom. The number of hydrogen-bond donors (Lipinski definition) is 1. The quantitative estimate of drug-likeness (QED) is 0.833. The van der Waals surface area contributed by atoms with E-state index in [2.05, 4.69) is 10.2 Å². The summed E-state index contributed by atoms with van der Waals surface area (Å²) in [4.78, 5) is 14.7. The van der Waals surface area contributed by atoms with Gasteiger partial charge in [0.1, 0.15) is 0 Å². The molecule has 5 nitrogen and oxygen atoms in total. The number of ether oxygens (including phenoxy) is 2. The summed E-state index contributed by atoms with van der Waals surface area (Å²) in [6, 6.07) is 5.82. The van der Waals surface area contributed by atoms with Crippen molar-refractivity contribution in [1.82, 2.24) is 10.2 Å². The molecule has 5 heteroatoms. The molecule has 1 aliphatic heterocycles. The first kappa shape index (κ1) is 18.6. The molecule has 0 spiro atoms. The summed E-state index contributed by atoms with van der Waals surface area (Å²) < 4.78 is 10.6. The number of amides is 1. The van der Waals surface area contributed by atoms with E-state index in [9.17, 15) is 4.79 Å². The standard InChI is InChI=1S/C19H30N2O3/c1-15(21-12-6-4-5-7-13-21)19(22)20-11-10-16-8-9-17(23-2)18(14-16)24-3/h8-9,14-15H,4-7,10-13H2,1-3H3,(H,20,22). The van der Waals surface area contributed by atoms with Crippen LogP contribution in [0.15, 0.2) is 18.2 Å². The molecule has 134 valence electrons. The van der Waals surface area contributed by atoms with E-state index in [4.69, 9.17) is 9.47 Å². The van der Waals surface area contributed by atoms with Crippen molar-refractivity contribution in [2.45, 2.75) is 45.1 Å². The molecule has 24 heavy (non-hydrogen) atoms. The van der Waals surface area contributed by atoms with Gasteiger partial charge in [-0.15, -0.1) is 0 Å². The highest BCUT2D eigenvalue weighted by molar-refractivity contribution is 5.81. The van der Waals surface area contributed by atoms with Gasteiger partial charge in [0.2, 0.25) is 5.91 Å². The van der Waals surface area contributed by atoms with Crippen LogP contribution in [0.3, 0.4) is 0 Å². The van der Waals surface area contributed by atoms with Gasteiger partial charge < -0.3 is 14.8 Å². The van der Waals surface area contributed by atoms with Gasteiger partial charge in [-0.25, -0.2) is 0 Å². The molecule has 1 atom stereocenters. The van der Waals surface area contributed by atoms with Crippen LogP contribution in [0.25, 0.3) is 0 Å². The number of carbonyl (C=O) groups is 1. The lowest BCUT2D eigenvalue weighted by Gasteiger charge is -2.26. The molecule has 1 amide bonds. The van der Waals surface area contributed by atoms with Crippen LogP contribution in [0.5, 0.6) is 11.5 Å². The fourth-order valence-electron chi connectivity index (χ4n) is 3.16. The van der Waals surface area contributed by atoms with Gasteiger partial charge in [-0.2, -0.15) is 0 Å². The van der Waals surface area contributed by atoms with E-state index in [-0.39, 0.29) is 11.9 Å². The number of likely N-dealkylation sites (tertiary alicyclic amines) is 1. The lowest BCUT2D eigenvalue weighted by molar-refractivity contribution is -0.125. The van der Waals surface area contributed by atoms with Gasteiger partial charge in [0.25, 0.3) is 0 Å². The molecule has 0 bridgehead atoms. The molecule has 0 saturated carbocycles. The fraction of sp³-hybridized carbons (Fsp3) is 0.632. The Hall–Kier alpha value is -1.75. The van der Waals surface area contributed by atoms with E-state index in [1.54, 1.807) is 14.2 Å². The van der Waals surface area contributed by atoms with E-state index < -0.39 is 0 Å². The van der Waals surface area contributed by atoms with E-state index in [0.29, 0.717) is 6.54 Å². The largest absolute Gasteiger partial charge is 0.493 e. The zero-order valence-electron chi connectivity index (χ0n) is 15.1. The van der Waals surface area contributed by atoms with Crippen LogP contribution in [0.2, 0.25) is 0 Å². The van der Waals surface area contributed by atoms with Gasteiger partial charge in [-0.1, -0.05) is 18.9 Å². The normalized spacial score (nSPS) is 17.0. The zero-order chi connectivity index (χ0) is 17.4. The summed E-state index contributed by atoms with van der Waals surface area (Å²) >= 11 is 0. The highest BCUT2D eigenvalue weighted by atomic mass is 16.5. The smallest absolute Gasteiger partial charge is 0.237 e. The molecule has 0 radical (unpaired) electrons. The lowest BCUT2D eigenvalue weighted by atomic mass is 10.1. The summed E-state index contributed by atoms with van der Waals surface area (Å²) in [6.45, 7) is 4.71. The van der Waals surface area contributed by atoms with Crippen molar-refractivity contribution in [3.05, 3.63) is 23.8 Å². The van der Waals surface area contributed by atoms with E-state index in [1.807, 2.05) is 25.1 Å². The maximum Gasteiger partial charge on any atom is 0.237 e. The highest BCUT2D eigenvalue weighted by Crippen LogP contribution is 2.27. The van der Waals surface area contributed by atoms with Crippen LogP contribution < -0.4 is 14.8 Å². The molecular formula is C19H30N2O3. The maximum absolute atomic E-state index is 12.4. The first-order valence-corrected chi connectivity index (χ1v) is 8.88. The van der Waals surface area contributed by atoms with Crippen molar-refractivity contribution in [3.8, 4) is 11.5 Å². The fourth-order valence-corrected chi connectivity index (χ4v) is 3.16. The van der Waals surface area contributed by atoms with E-state index in [0.717, 1.165) is 36.6 Å². The second-order valence-electron chi connectivity index (χ2n) is 6.36. The molecule has 1 aliphatic rings. The Morgan fingerprint density at radius 1 is 1.12 bits per heavy atom. The summed E-state index contributed by atoms with van der Waals surface area (Å²) in [6.07, 6.45) is 5.74. The van der Waals surface area contributed by atoms with Crippen LogP contribution in [0.4, 0.5) is 0 Å². The van der Waals surface area contributed by atoms with Crippen molar-refractivity contribution >= 4 is 5.91 Å². The maximum atomic E-state index is 12.4. The van der Waals surface area contributed by atoms with Crippen LogP contribution in [0.1, 0.15) is 38.2 Å². The second-order valence-corrected chi connectivity index (χ2v) is 6.36. The molecule has 0 aromatic heterocycles. The highest BCUT2D eigenvalue weighted by Gasteiger charge is 2.21. The van der Waals surface area contributed by atoms with Crippen LogP contribution in [-0.2, 0) is 11.2 Å². The molecule has 1 aromatic carbocycles. The summed E-state index contributed by atoms with van der Waals surface area (Å²) in [5.74, 6) is 1.57. The molecule has 1 fully saturated rings. The van der Waals surface area contributed by atoms with Crippen LogP contribution >= 0.6 is 0 Å². The lowest BCUT2D eigenvalue weighted by Crippen LogP contribution is -2.46. The van der Waals surface area contributed by atoms with Crippen molar-refractivity contribution in [2.24, 2.45) is 0 Å². The predicted molar refractivity (Wildman–Crippen MR) is 95.8 cm³/mol. The van der Waals surface area contributed by atoms with E-state index >= 15 is 0 Å². The van der Waals surface area contributed by atoms with Gasteiger partial charge in [-0.3, -0.25) is 9.69 Å². The molecule has 1 aromatic rings. The Kier molecular flexibility index (Phi) is 7.37. The van der Waals surface area contributed by atoms with Gasteiger partial charge in [0.05, 0.1) is 20.3 Å². The molecular weight excluding hydrogens is 304 g/mol. The average molecular weight is 334 g/mol. The average Bonchev–Trinajstić information content (AvgIpc) is 2.90. The van der Waals surface area contributed by atoms with Crippen LogP contribution in [0, 0.1) is 0 Å². The molecule has 1 heterocycles. The van der Waals surface area contributed by atoms with Crippen molar-refractivity contribution in [2.75, 3.05) is 33.9 Å². The minimum atomic E-state index is -0.0477. The Balaban J connectivity index is 1.81. The molecule has 2 rings (SSSR count). The molecule has 1 saturated heterocycles. The van der Waals surface area contributed by atoms with E-state index in [1.165, 1.54) is 25.7 Å². The number of nitrogens with zero attached hydrogens (tertiary/aromatic N) is 1. The monoisotopic (exact) mass is 334 g/mol. The van der Waals surface area contributed by atoms with Gasteiger partial charge in [0.15, 0.2) is 11.5 Å². The number of nitrogens with one attached hydrogen (secondary N) is 1. The number of benzene rings is 1. The second kappa shape index (κ2) is 9.52. The first-order valence-electron chi connectivity index (χ1n) is 8.88. The number of carbonyl (C=O) groups excluding carboxylic acids is 1. The minimum absolute atomic E-state index is 0.0477. The van der Waals surface area contributed by atoms with Gasteiger partial charge in [0, 0.05) is 6.54 Å². The Bertz CT molecular complexity index is 525. The third-order valence-electron chi connectivity index (χ3n) is 4.73. The first-order chi connectivity index (χ1) is 11.7. The minimum Gasteiger partial charge on any atom is -0.493 e. The number of rotatable bonds is 7. The topological polar surface area (TPSA) is 50.8 Å². The molecule has 0 aliphatic carbocycles. The predicted octanol–water partition coefficient (Wildman–Crippen LogP) is 2.63. The van der Waals surface area contributed by atoms with Gasteiger partial charge >= 0.3 is 0 Å². The van der Waals surface area contributed by atoms with Crippen molar-refractivity contribution < 1.29 is 14.3 Å². The Labute approximate surface area is 145 Å². The number of methoxy groups -OCH3 is 2. The zero-order valence-corrected chi connectivity index (χ0v) is 15.1. The van der Waals surface area contributed by atoms with Crippen molar-refractivity contribution in [3.63, 3.8) is 0 Å². The Morgan fingerprint density at radius 3 is 2.42 bits per heavy atom. The molecule has 1 unspecified atom stereocenters. The summed E-state index contributed by atoms with van der Waals surface area (Å²) in [5.41, 5.74) is 1.12. The third-order valence-corrected chi connectivity index (χ3v) is 4.73. The summed E-state index contributed by atoms with van der Waals surface area (Å²) in [5, 5.41) is 3.06. The number of hydrogen-bond acceptors (Lipinski definition) is 4.